The number of hydrogen-bond acceptors (Lipinski definition) is 4. The molecule has 32 heavy (non-hydrogen) atoms. The number of nitro groups is 1. The number of halogens is 3. The largest absolute Gasteiger partial charge is 0.376 e. The van der Waals surface area contributed by atoms with E-state index in [-0.39, 0.29) is 44.9 Å². The van der Waals surface area contributed by atoms with Crippen LogP contribution in [0.25, 0.3) is 0 Å². The Hall–Kier alpha value is -2.28. The number of nitro benzene ring substituents is 1. The van der Waals surface area contributed by atoms with Crippen molar-refractivity contribution >= 4 is 46.3 Å². The van der Waals surface area contributed by atoms with Crippen molar-refractivity contribution in [1.29, 1.82) is 0 Å². The molecule has 0 spiro atoms. The standard InChI is InChI=1S/C24H19Cl2FN2O2S/c25-17-5-3-4-15-21-16(23(28-24(15)17)13-8-10-14(27)11-9-13)12-20(22(21)26)32-19-7-2-1-6-18(19)29(30)31/h1-11,16,20-23,28H,12H2/t16-,20-,21+,22-,23+/m1/s1. The summed E-state index contributed by atoms with van der Waals surface area (Å²) in [6.45, 7) is 0. The molecule has 3 aromatic carbocycles. The summed E-state index contributed by atoms with van der Waals surface area (Å²) in [5.74, 6) is -0.137. The Bertz CT molecular complexity index is 1180. The van der Waals surface area contributed by atoms with Crippen LogP contribution in [0, 0.1) is 21.8 Å². The predicted molar refractivity (Wildman–Crippen MR) is 127 cm³/mol. The minimum atomic E-state index is -0.356. The maximum atomic E-state index is 13.6. The average Bonchev–Trinajstić information content (AvgIpc) is 3.11. The lowest BCUT2D eigenvalue weighted by Crippen LogP contribution is -2.31. The highest BCUT2D eigenvalue weighted by Crippen LogP contribution is 2.58. The molecule has 2 aliphatic rings. The molecule has 1 heterocycles. The SMILES string of the molecule is O=[N+]([O-])c1ccccc1S[C@@H]1C[C@@H]2[C@H](c3cccc(Cl)c3N[C@H]2c2ccc(F)cc2)[C@@H]1Cl. The molecule has 0 amide bonds. The Morgan fingerprint density at radius 1 is 1.06 bits per heavy atom. The zero-order valence-corrected chi connectivity index (χ0v) is 19.1. The van der Waals surface area contributed by atoms with E-state index >= 15 is 0 Å². The first-order chi connectivity index (χ1) is 15.4. The number of fused-ring (bicyclic) bond motifs is 3. The lowest BCUT2D eigenvalue weighted by Gasteiger charge is -2.38. The van der Waals surface area contributed by atoms with Gasteiger partial charge in [-0.1, -0.05) is 48.0 Å². The molecule has 1 N–H and O–H groups in total. The molecular weight excluding hydrogens is 470 g/mol. The van der Waals surface area contributed by atoms with Gasteiger partial charge in [-0.15, -0.1) is 23.4 Å². The van der Waals surface area contributed by atoms with Crippen LogP contribution in [-0.2, 0) is 0 Å². The number of hydrogen-bond donors (Lipinski definition) is 1. The van der Waals surface area contributed by atoms with Crippen LogP contribution in [0.4, 0.5) is 15.8 Å². The molecule has 1 saturated carbocycles. The fraction of sp³-hybridized carbons (Fsp3) is 0.250. The smallest absolute Gasteiger partial charge is 0.282 e. The van der Waals surface area contributed by atoms with Gasteiger partial charge in [0.2, 0.25) is 0 Å². The first-order valence-corrected chi connectivity index (χ1v) is 12.0. The maximum absolute atomic E-state index is 13.6. The van der Waals surface area contributed by atoms with E-state index in [9.17, 15) is 14.5 Å². The number of alkyl halides is 1. The van der Waals surface area contributed by atoms with E-state index in [0.717, 1.165) is 23.2 Å². The molecule has 8 heteroatoms. The molecular formula is C24H19Cl2FN2O2S. The Balaban J connectivity index is 1.54. The minimum absolute atomic E-state index is 0.0157. The maximum Gasteiger partial charge on any atom is 0.282 e. The molecule has 0 unspecified atom stereocenters. The third-order valence-electron chi connectivity index (χ3n) is 6.37. The van der Waals surface area contributed by atoms with Gasteiger partial charge in [0.1, 0.15) is 5.82 Å². The van der Waals surface area contributed by atoms with E-state index in [1.807, 2.05) is 18.2 Å². The Morgan fingerprint density at radius 3 is 2.56 bits per heavy atom. The van der Waals surface area contributed by atoms with E-state index in [4.69, 9.17) is 23.2 Å². The van der Waals surface area contributed by atoms with Gasteiger partial charge < -0.3 is 5.32 Å². The van der Waals surface area contributed by atoms with Crippen LogP contribution in [-0.4, -0.2) is 15.6 Å². The van der Waals surface area contributed by atoms with Crippen LogP contribution in [0.2, 0.25) is 5.02 Å². The predicted octanol–water partition coefficient (Wildman–Crippen LogP) is 7.43. The van der Waals surface area contributed by atoms with Gasteiger partial charge in [-0.25, -0.2) is 4.39 Å². The lowest BCUT2D eigenvalue weighted by atomic mass is 9.77. The molecule has 1 aliphatic heterocycles. The normalized spacial score (nSPS) is 26.2. The molecule has 4 nitrogen and oxygen atoms in total. The fourth-order valence-corrected chi connectivity index (χ4v) is 7.16. The first kappa shape index (κ1) is 21.6. The summed E-state index contributed by atoms with van der Waals surface area (Å²) in [4.78, 5) is 11.8. The number of nitrogens with zero attached hydrogens (tertiary/aromatic N) is 1. The van der Waals surface area contributed by atoms with Crippen molar-refractivity contribution in [1.82, 2.24) is 0 Å². The third-order valence-corrected chi connectivity index (χ3v) is 8.79. The topological polar surface area (TPSA) is 55.2 Å². The van der Waals surface area contributed by atoms with Crippen molar-refractivity contribution in [3.8, 4) is 0 Å². The number of nitrogens with one attached hydrogen (secondary N) is 1. The molecule has 5 atom stereocenters. The van der Waals surface area contributed by atoms with Crippen LogP contribution in [0.15, 0.2) is 71.6 Å². The van der Waals surface area contributed by atoms with E-state index in [2.05, 4.69) is 5.32 Å². The van der Waals surface area contributed by atoms with E-state index in [1.165, 1.54) is 30.0 Å². The van der Waals surface area contributed by atoms with Crippen LogP contribution < -0.4 is 5.32 Å². The van der Waals surface area contributed by atoms with Crippen LogP contribution in [0.5, 0.6) is 0 Å². The van der Waals surface area contributed by atoms with Crippen molar-refractivity contribution in [3.05, 3.63) is 98.8 Å². The third kappa shape index (κ3) is 3.74. The Kier molecular flexibility index (Phi) is 5.78. The Labute approximate surface area is 199 Å². The summed E-state index contributed by atoms with van der Waals surface area (Å²) in [5.41, 5.74) is 2.97. The molecule has 1 aliphatic carbocycles. The monoisotopic (exact) mass is 488 g/mol. The zero-order chi connectivity index (χ0) is 22.4. The second-order valence-corrected chi connectivity index (χ2v) is 10.3. The summed E-state index contributed by atoms with van der Waals surface area (Å²) in [5, 5.41) is 15.4. The van der Waals surface area contributed by atoms with Crippen LogP contribution >= 0.6 is 35.0 Å². The van der Waals surface area contributed by atoms with Crippen LogP contribution in [0.3, 0.4) is 0 Å². The molecule has 0 bridgehead atoms. The van der Waals surface area contributed by atoms with Gasteiger partial charge in [0.15, 0.2) is 0 Å². The van der Waals surface area contributed by atoms with Crippen molar-refractivity contribution < 1.29 is 9.31 Å². The number of para-hydroxylation sites is 2. The molecule has 0 radical (unpaired) electrons. The second kappa shape index (κ2) is 8.58. The van der Waals surface area contributed by atoms with Gasteiger partial charge in [-0.3, -0.25) is 10.1 Å². The number of thioether (sulfide) groups is 1. The number of rotatable bonds is 4. The molecule has 1 fully saturated rings. The average molecular weight is 489 g/mol. The number of benzene rings is 3. The summed E-state index contributed by atoms with van der Waals surface area (Å²) >= 11 is 15.1. The summed E-state index contributed by atoms with van der Waals surface area (Å²) in [6.07, 6.45) is 0.760. The van der Waals surface area contributed by atoms with Gasteiger partial charge in [0, 0.05) is 17.2 Å². The van der Waals surface area contributed by atoms with Gasteiger partial charge in [0.05, 0.1) is 31.9 Å². The van der Waals surface area contributed by atoms with Crippen molar-refractivity contribution in [3.63, 3.8) is 0 Å². The highest BCUT2D eigenvalue weighted by atomic mass is 35.5. The van der Waals surface area contributed by atoms with Crippen molar-refractivity contribution in [2.75, 3.05) is 5.32 Å². The number of anilines is 1. The first-order valence-electron chi connectivity index (χ1n) is 10.3. The van der Waals surface area contributed by atoms with Crippen molar-refractivity contribution in [2.24, 2.45) is 5.92 Å². The quantitative estimate of drug-likeness (QED) is 0.235. The zero-order valence-electron chi connectivity index (χ0n) is 16.8. The second-order valence-electron chi connectivity index (χ2n) is 8.13. The molecule has 5 rings (SSSR count). The molecule has 0 aromatic heterocycles. The minimum Gasteiger partial charge on any atom is -0.376 e. The Morgan fingerprint density at radius 2 is 1.81 bits per heavy atom. The van der Waals surface area contributed by atoms with Gasteiger partial charge >= 0.3 is 0 Å². The van der Waals surface area contributed by atoms with Gasteiger partial charge in [0.25, 0.3) is 5.69 Å². The van der Waals surface area contributed by atoms with Gasteiger partial charge in [-0.05, 0) is 47.7 Å². The van der Waals surface area contributed by atoms with Crippen LogP contribution in [0.1, 0.15) is 29.5 Å². The summed E-state index contributed by atoms with van der Waals surface area (Å²) in [6, 6.07) is 19.0. The molecule has 0 saturated heterocycles. The molecule has 164 valence electrons. The molecule has 3 aromatic rings. The lowest BCUT2D eigenvalue weighted by molar-refractivity contribution is -0.387. The van der Waals surface area contributed by atoms with E-state index < -0.39 is 0 Å². The summed E-state index contributed by atoms with van der Waals surface area (Å²) < 4.78 is 13.6. The summed E-state index contributed by atoms with van der Waals surface area (Å²) in [7, 11) is 0. The highest BCUT2D eigenvalue weighted by molar-refractivity contribution is 8.00. The van der Waals surface area contributed by atoms with E-state index in [0.29, 0.717) is 9.92 Å². The van der Waals surface area contributed by atoms with Gasteiger partial charge in [-0.2, -0.15) is 0 Å². The highest BCUT2D eigenvalue weighted by Gasteiger charge is 2.50. The van der Waals surface area contributed by atoms with Crippen molar-refractivity contribution in [2.45, 2.75) is 33.9 Å². The fourth-order valence-electron chi connectivity index (χ4n) is 4.98. The van der Waals surface area contributed by atoms with E-state index in [1.54, 1.807) is 30.3 Å².